The summed E-state index contributed by atoms with van der Waals surface area (Å²) in [5, 5.41) is 17.9. The molecule has 0 saturated carbocycles. The van der Waals surface area contributed by atoms with Crippen LogP contribution < -0.4 is 0 Å². The Bertz CT molecular complexity index is 450. The van der Waals surface area contributed by atoms with Crippen LogP contribution in [0.4, 0.5) is 0 Å². The van der Waals surface area contributed by atoms with Gasteiger partial charge in [0, 0.05) is 20.1 Å². The van der Waals surface area contributed by atoms with E-state index >= 15 is 0 Å². The van der Waals surface area contributed by atoms with Crippen molar-refractivity contribution in [3.8, 4) is 0 Å². The van der Waals surface area contributed by atoms with Gasteiger partial charge in [0.25, 0.3) is 0 Å². The topological polar surface area (TPSA) is 115 Å². The van der Waals surface area contributed by atoms with E-state index in [-0.39, 0.29) is 13.1 Å². The molecule has 0 radical (unpaired) electrons. The molecule has 1 aliphatic heterocycles. The molecule has 2 N–H and O–H groups in total. The highest BCUT2D eigenvalue weighted by atomic mass is 16.4. The standard InChI is InChI=1S/C13H20N2O6/c1-8(12(18)19)7-14(2)10(16)11(17)15-6-4-3-5-9(15)13(20)21/h8-9H,3-7H2,1-2H3,(H,18,19)(H,20,21)/t8?,9-/m0/s1. The van der Waals surface area contributed by atoms with Gasteiger partial charge in [-0.05, 0) is 19.3 Å². The zero-order valence-electron chi connectivity index (χ0n) is 12.1. The van der Waals surface area contributed by atoms with Crippen LogP contribution in [0.2, 0.25) is 0 Å². The Morgan fingerprint density at radius 1 is 1.24 bits per heavy atom. The fraction of sp³-hybridized carbons (Fsp3) is 0.692. The van der Waals surface area contributed by atoms with Gasteiger partial charge in [0.05, 0.1) is 5.92 Å². The van der Waals surface area contributed by atoms with Crippen molar-refractivity contribution in [3.63, 3.8) is 0 Å². The molecule has 0 aromatic rings. The van der Waals surface area contributed by atoms with Gasteiger partial charge in [-0.15, -0.1) is 0 Å². The van der Waals surface area contributed by atoms with Crippen LogP contribution >= 0.6 is 0 Å². The summed E-state index contributed by atoms with van der Waals surface area (Å²) in [6.45, 7) is 1.55. The van der Waals surface area contributed by atoms with Gasteiger partial charge in [-0.3, -0.25) is 14.4 Å². The molecule has 1 unspecified atom stereocenters. The minimum Gasteiger partial charge on any atom is -0.481 e. The van der Waals surface area contributed by atoms with Crippen molar-refractivity contribution in [2.75, 3.05) is 20.1 Å². The molecule has 8 nitrogen and oxygen atoms in total. The number of rotatable bonds is 4. The zero-order valence-corrected chi connectivity index (χ0v) is 12.1. The zero-order chi connectivity index (χ0) is 16.2. The van der Waals surface area contributed by atoms with Gasteiger partial charge >= 0.3 is 23.8 Å². The minimum absolute atomic E-state index is 0.106. The summed E-state index contributed by atoms with van der Waals surface area (Å²) in [6, 6.07) is -0.986. The molecule has 0 aliphatic carbocycles. The lowest BCUT2D eigenvalue weighted by Crippen LogP contribution is -2.53. The molecule has 2 amide bonds. The molecule has 0 spiro atoms. The molecule has 21 heavy (non-hydrogen) atoms. The molecule has 1 heterocycles. The molecule has 1 saturated heterocycles. The number of hydrogen-bond donors (Lipinski definition) is 2. The summed E-state index contributed by atoms with van der Waals surface area (Å²) >= 11 is 0. The second-order valence-corrected chi connectivity index (χ2v) is 5.27. The maximum Gasteiger partial charge on any atom is 0.326 e. The molecule has 0 aromatic carbocycles. The summed E-state index contributed by atoms with van der Waals surface area (Å²) in [7, 11) is 1.33. The number of likely N-dealkylation sites (tertiary alicyclic amines) is 1. The van der Waals surface area contributed by atoms with E-state index in [1.54, 1.807) is 0 Å². The fourth-order valence-electron chi connectivity index (χ4n) is 2.29. The third kappa shape index (κ3) is 4.17. The fourth-order valence-corrected chi connectivity index (χ4v) is 2.29. The number of amides is 2. The van der Waals surface area contributed by atoms with Gasteiger partial charge in [-0.1, -0.05) is 6.92 Å². The van der Waals surface area contributed by atoms with Crippen LogP contribution in [0, 0.1) is 5.92 Å². The molecule has 2 atom stereocenters. The number of carboxylic acid groups (broad SMARTS) is 2. The highest BCUT2D eigenvalue weighted by molar-refractivity contribution is 6.35. The van der Waals surface area contributed by atoms with Gasteiger partial charge in [-0.25, -0.2) is 4.79 Å². The van der Waals surface area contributed by atoms with E-state index in [9.17, 15) is 19.2 Å². The van der Waals surface area contributed by atoms with E-state index in [1.807, 2.05) is 0 Å². The van der Waals surface area contributed by atoms with Crippen LogP contribution in [0.1, 0.15) is 26.2 Å². The Labute approximate surface area is 122 Å². The lowest BCUT2D eigenvalue weighted by molar-refractivity contribution is -0.159. The van der Waals surface area contributed by atoms with Crippen molar-refractivity contribution in [2.45, 2.75) is 32.2 Å². The maximum absolute atomic E-state index is 12.1. The quantitative estimate of drug-likeness (QED) is 0.685. The Hall–Kier alpha value is -2.12. The Balaban J connectivity index is 2.74. The Morgan fingerprint density at radius 2 is 1.86 bits per heavy atom. The first-order chi connectivity index (χ1) is 9.75. The van der Waals surface area contributed by atoms with Gasteiger partial charge in [-0.2, -0.15) is 0 Å². The number of carbonyl (C=O) groups is 4. The molecular formula is C13H20N2O6. The van der Waals surface area contributed by atoms with Crippen LogP contribution in [-0.4, -0.2) is 69.9 Å². The Morgan fingerprint density at radius 3 is 2.38 bits per heavy atom. The van der Waals surface area contributed by atoms with Crippen LogP contribution in [-0.2, 0) is 19.2 Å². The van der Waals surface area contributed by atoms with E-state index in [2.05, 4.69) is 0 Å². The van der Waals surface area contributed by atoms with Crippen molar-refractivity contribution >= 4 is 23.8 Å². The number of carboxylic acids is 2. The molecule has 1 aliphatic rings. The summed E-state index contributed by atoms with van der Waals surface area (Å²) < 4.78 is 0. The smallest absolute Gasteiger partial charge is 0.326 e. The van der Waals surface area contributed by atoms with Gasteiger partial charge in [0.2, 0.25) is 0 Å². The van der Waals surface area contributed by atoms with Gasteiger partial charge in [0.1, 0.15) is 6.04 Å². The number of likely N-dealkylation sites (N-methyl/N-ethyl adjacent to an activating group) is 1. The first kappa shape index (κ1) is 16.9. The lowest BCUT2D eigenvalue weighted by Gasteiger charge is -2.33. The molecule has 0 bridgehead atoms. The largest absolute Gasteiger partial charge is 0.481 e. The highest BCUT2D eigenvalue weighted by Gasteiger charge is 2.36. The number of nitrogens with zero attached hydrogens (tertiary/aromatic N) is 2. The van der Waals surface area contributed by atoms with Gasteiger partial charge < -0.3 is 20.0 Å². The Kier molecular flexibility index (Phi) is 5.69. The monoisotopic (exact) mass is 300 g/mol. The molecule has 0 aromatic heterocycles. The van der Waals surface area contributed by atoms with E-state index in [0.29, 0.717) is 19.3 Å². The molecular weight excluding hydrogens is 280 g/mol. The predicted molar refractivity (Wildman–Crippen MR) is 71.4 cm³/mol. The number of hydrogen-bond acceptors (Lipinski definition) is 4. The van der Waals surface area contributed by atoms with Crippen molar-refractivity contribution in [2.24, 2.45) is 5.92 Å². The first-order valence-electron chi connectivity index (χ1n) is 6.77. The average molecular weight is 300 g/mol. The number of piperidine rings is 1. The predicted octanol–water partition coefficient (Wildman–Crippen LogP) is -0.369. The second-order valence-electron chi connectivity index (χ2n) is 5.27. The van der Waals surface area contributed by atoms with E-state index in [1.165, 1.54) is 14.0 Å². The summed E-state index contributed by atoms with van der Waals surface area (Å²) in [6.07, 6.45) is 1.67. The molecule has 1 rings (SSSR count). The van der Waals surface area contributed by atoms with Crippen molar-refractivity contribution < 1.29 is 29.4 Å². The van der Waals surface area contributed by atoms with E-state index in [4.69, 9.17) is 10.2 Å². The van der Waals surface area contributed by atoms with Crippen molar-refractivity contribution in [1.82, 2.24) is 9.80 Å². The lowest BCUT2D eigenvalue weighted by atomic mass is 10.0. The highest BCUT2D eigenvalue weighted by Crippen LogP contribution is 2.18. The minimum atomic E-state index is -1.13. The number of carbonyl (C=O) groups excluding carboxylic acids is 2. The second kappa shape index (κ2) is 7.05. The summed E-state index contributed by atoms with van der Waals surface area (Å²) in [5.74, 6) is -4.76. The third-order valence-electron chi connectivity index (χ3n) is 3.55. The van der Waals surface area contributed by atoms with Crippen LogP contribution in [0.15, 0.2) is 0 Å². The summed E-state index contributed by atoms with van der Waals surface area (Å²) in [4.78, 5) is 48.1. The first-order valence-corrected chi connectivity index (χ1v) is 6.77. The summed E-state index contributed by atoms with van der Waals surface area (Å²) in [5.41, 5.74) is 0. The third-order valence-corrected chi connectivity index (χ3v) is 3.55. The van der Waals surface area contributed by atoms with Crippen molar-refractivity contribution in [3.05, 3.63) is 0 Å². The van der Waals surface area contributed by atoms with Crippen LogP contribution in [0.5, 0.6) is 0 Å². The van der Waals surface area contributed by atoms with Gasteiger partial charge in [0.15, 0.2) is 0 Å². The number of aliphatic carboxylic acids is 2. The SMILES string of the molecule is CC(CN(C)C(=O)C(=O)N1CCCC[C@H]1C(=O)O)C(=O)O. The maximum atomic E-state index is 12.1. The normalized spacial score (nSPS) is 19.7. The molecule has 118 valence electrons. The van der Waals surface area contributed by atoms with Crippen molar-refractivity contribution in [1.29, 1.82) is 0 Å². The average Bonchev–Trinajstić information content (AvgIpc) is 2.45. The van der Waals surface area contributed by atoms with Crippen LogP contribution in [0.25, 0.3) is 0 Å². The van der Waals surface area contributed by atoms with Crippen LogP contribution in [0.3, 0.4) is 0 Å². The van der Waals surface area contributed by atoms with E-state index in [0.717, 1.165) is 9.80 Å². The van der Waals surface area contributed by atoms with E-state index < -0.39 is 35.7 Å². The molecule has 8 heteroatoms. The molecule has 1 fully saturated rings.